The Morgan fingerprint density at radius 3 is 2.66 bits per heavy atom. The predicted molar refractivity (Wildman–Crippen MR) is 127 cm³/mol. The highest BCUT2D eigenvalue weighted by Crippen LogP contribution is 2.43. The summed E-state index contributed by atoms with van der Waals surface area (Å²) in [4.78, 5) is 49.0. The van der Waals surface area contributed by atoms with E-state index in [9.17, 15) is 19.7 Å². The SMILES string of the molecule is O=C1C2Cc3c([nH]c4ccccc34)C(c3cccc([N+](=O)[O-])c3)N2C(=O)CN1Cc1ccncc1. The number of carbonyl (C=O) groups is 2. The Bertz CT molecular complexity index is 1480. The highest BCUT2D eigenvalue weighted by Gasteiger charge is 2.48. The Hall–Kier alpha value is -4.53. The topological polar surface area (TPSA) is 112 Å². The van der Waals surface area contributed by atoms with Gasteiger partial charge in [0.2, 0.25) is 11.8 Å². The van der Waals surface area contributed by atoms with Crippen LogP contribution in [0.4, 0.5) is 5.69 Å². The van der Waals surface area contributed by atoms with Crippen LogP contribution in [0, 0.1) is 10.1 Å². The maximum atomic E-state index is 13.7. The van der Waals surface area contributed by atoms with Gasteiger partial charge in [0.1, 0.15) is 12.6 Å². The number of nitro groups is 1. The molecule has 1 N–H and O–H groups in total. The molecule has 2 amide bonds. The largest absolute Gasteiger partial charge is 0.356 e. The number of amides is 2. The molecule has 6 rings (SSSR count). The number of pyridine rings is 1. The molecule has 2 aliphatic heterocycles. The quantitative estimate of drug-likeness (QED) is 0.365. The summed E-state index contributed by atoms with van der Waals surface area (Å²) in [6.45, 7) is 0.262. The van der Waals surface area contributed by atoms with Crippen molar-refractivity contribution in [3.8, 4) is 0 Å². The van der Waals surface area contributed by atoms with Crippen LogP contribution in [0.2, 0.25) is 0 Å². The van der Waals surface area contributed by atoms with Crippen molar-refractivity contribution in [1.29, 1.82) is 0 Å². The Morgan fingerprint density at radius 2 is 1.86 bits per heavy atom. The van der Waals surface area contributed by atoms with Crippen molar-refractivity contribution in [2.75, 3.05) is 6.54 Å². The molecule has 9 heteroatoms. The zero-order valence-corrected chi connectivity index (χ0v) is 18.6. The second-order valence-electron chi connectivity index (χ2n) is 8.89. The van der Waals surface area contributed by atoms with E-state index in [0.717, 1.165) is 27.7 Å². The molecule has 1 saturated heterocycles. The lowest BCUT2D eigenvalue weighted by atomic mass is 9.86. The maximum Gasteiger partial charge on any atom is 0.269 e. The van der Waals surface area contributed by atoms with Crippen LogP contribution in [0.15, 0.2) is 73.1 Å². The van der Waals surface area contributed by atoms with E-state index >= 15 is 0 Å². The number of aromatic nitrogens is 2. The van der Waals surface area contributed by atoms with Gasteiger partial charge in [-0.15, -0.1) is 0 Å². The Kier molecular flexibility index (Phi) is 4.84. The fourth-order valence-electron chi connectivity index (χ4n) is 5.32. The van der Waals surface area contributed by atoms with Crippen molar-refractivity contribution in [2.24, 2.45) is 0 Å². The minimum absolute atomic E-state index is 0.0569. The molecule has 0 radical (unpaired) electrons. The maximum absolute atomic E-state index is 13.7. The molecule has 174 valence electrons. The first-order valence-electron chi connectivity index (χ1n) is 11.3. The third kappa shape index (κ3) is 3.43. The van der Waals surface area contributed by atoms with Crippen molar-refractivity contribution in [3.05, 3.63) is 106 Å². The second kappa shape index (κ2) is 8.05. The fraction of sp³-hybridized carbons (Fsp3) is 0.192. The molecule has 0 aliphatic carbocycles. The van der Waals surface area contributed by atoms with Crippen LogP contribution < -0.4 is 0 Å². The van der Waals surface area contributed by atoms with Gasteiger partial charge in [-0.05, 0) is 34.9 Å². The zero-order valence-electron chi connectivity index (χ0n) is 18.6. The van der Waals surface area contributed by atoms with Crippen molar-refractivity contribution in [3.63, 3.8) is 0 Å². The number of rotatable bonds is 4. The fourth-order valence-corrected chi connectivity index (χ4v) is 5.32. The number of nitrogens with zero attached hydrogens (tertiary/aromatic N) is 4. The van der Waals surface area contributed by atoms with E-state index in [-0.39, 0.29) is 24.0 Å². The zero-order chi connectivity index (χ0) is 24.1. The van der Waals surface area contributed by atoms with Crippen LogP contribution in [-0.2, 0) is 22.6 Å². The molecule has 9 nitrogen and oxygen atoms in total. The molecule has 0 spiro atoms. The molecule has 1 fully saturated rings. The molecule has 2 atom stereocenters. The number of nitrogens with one attached hydrogen (secondary N) is 1. The first kappa shape index (κ1) is 21.0. The Balaban J connectivity index is 1.48. The normalized spacial score (nSPS) is 19.5. The van der Waals surface area contributed by atoms with E-state index in [2.05, 4.69) is 9.97 Å². The average Bonchev–Trinajstić information content (AvgIpc) is 3.25. The standard InChI is InChI=1S/C26H21N5O4/c32-23-15-29(14-16-8-10-27-11-9-16)26(33)22-13-20-19-6-1-2-7-21(19)28-24(20)25(30(22)23)17-4-3-5-18(12-17)31(34)35/h1-12,22,25,28H,13-15H2. The van der Waals surface area contributed by atoms with E-state index in [0.29, 0.717) is 18.5 Å². The summed E-state index contributed by atoms with van der Waals surface area (Å²) in [7, 11) is 0. The van der Waals surface area contributed by atoms with Gasteiger partial charge in [-0.2, -0.15) is 0 Å². The summed E-state index contributed by atoms with van der Waals surface area (Å²) in [6.07, 6.45) is 3.70. The number of carbonyl (C=O) groups excluding carboxylic acids is 2. The van der Waals surface area contributed by atoms with Gasteiger partial charge >= 0.3 is 0 Å². The molecule has 2 aromatic carbocycles. The Morgan fingerprint density at radius 1 is 1.06 bits per heavy atom. The number of H-pyrrole nitrogens is 1. The van der Waals surface area contributed by atoms with E-state index in [4.69, 9.17) is 0 Å². The van der Waals surface area contributed by atoms with Crippen molar-refractivity contribution < 1.29 is 14.5 Å². The third-order valence-corrected chi connectivity index (χ3v) is 6.86. The summed E-state index contributed by atoms with van der Waals surface area (Å²) in [5.74, 6) is -0.322. The van der Waals surface area contributed by atoms with Gasteiger partial charge in [0, 0.05) is 54.1 Å². The number of aromatic amines is 1. The van der Waals surface area contributed by atoms with Crippen molar-refractivity contribution >= 4 is 28.4 Å². The molecular formula is C26H21N5O4. The van der Waals surface area contributed by atoms with E-state index < -0.39 is 17.0 Å². The number of hydrogen-bond donors (Lipinski definition) is 1. The van der Waals surface area contributed by atoms with E-state index in [1.165, 1.54) is 12.1 Å². The van der Waals surface area contributed by atoms with Gasteiger partial charge in [-0.25, -0.2) is 0 Å². The first-order chi connectivity index (χ1) is 17.0. The molecule has 0 bridgehead atoms. The van der Waals surface area contributed by atoms with E-state index in [1.54, 1.807) is 34.3 Å². The Labute approximate surface area is 200 Å². The molecule has 0 saturated carbocycles. The summed E-state index contributed by atoms with van der Waals surface area (Å²) in [6, 6.07) is 16.4. The molecular weight excluding hydrogens is 446 g/mol. The number of fused-ring (bicyclic) bond motifs is 4. The molecule has 35 heavy (non-hydrogen) atoms. The number of benzene rings is 2. The number of hydrogen-bond acceptors (Lipinski definition) is 5. The summed E-state index contributed by atoms with van der Waals surface area (Å²) >= 11 is 0. The number of para-hydroxylation sites is 1. The van der Waals surface area contributed by atoms with Crippen molar-refractivity contribution in [1.82, 2.24) is 19.8 Å². The van der Waals surface area contributed by atoms with Gasteiger partial charge in [-0.3, -0.25) is 24.7 Å². The second-order valence-corrected chi connectivity index (χ2v) is 8.89. The summed E-state index contributed by atoms with van der Waals surface area (Å²) in [5.41, 5.74) is 4.10. The van der Waals surface area contributed by atoms with Crippen LogP contribution in [-0.4, -0.2) is 49.1 Å². The lowest BCUT2D eigenvalue weighted by molar-refractivity contribution is -0.384. The van der Waals surface area contributed by atoms with Crippen LogP contribution in [0.3, 0.4) is 0 Å². The lowest BCUT2D eigenvalue weighted by Crippen LogP contribution is -2.62. The van der Waals surface area contributed by atoms with E-state index in [1.807, 2.05) is 36.4 Å². The molecule has 2 unspecified atom stereocenters. The highest BCUT2D eigenvalue weighted by atomic mass is 16.6. The monoisotopic (exact) mass is 467 g/mol. The van der Waals surface area contributed by atoms with Crippen molar-refractivity contribution in [2.45, 2.75) is 25.0 Å². The van der Waals surface area contributed by atoms with Gasteiger partial charge in [0.05, 0.1) is 11.0 Å². The lowest BCUT2D eigenvalue weighted by Gasteiger charge is -2.47. The van der Waals surface area contributed by atoms with Gasteiger partial charge in [-0.1, -0.05) is 30.3 Å². The molecule has 2 aromatic heterocycles. The van der Waals surface area contributed by atoms with Gasteiger partial charge < -0.3 is 14.8 Å². The predicted octanol–water partition coefficient (Wildman–Crippen LogP) is 3.36. The number of piperazine rings is 1. The average molecular weight is 467 g/mol. The number of nitro benzene ring substituents is 1. The van der Waals surface area contributed by atoms with Gasteiger partial charge in [0.25, 0.3) is 5.69 Å². The molecule has 4 heterocycles. The third-order valence-electron chi connectivity index (χ3n) is 6.86. The summed E-state index contributed by atoms with van der Waals surface area (Å²) in [5, 5.41) is 12.5. The smallest absolute Gasteiger partial charge is 0.269 e. The van der Waals surface area contributed by atoms with Crippen LogP contribution in [0.1, 0.15) is 28.4 Å². The van der Waals surface area contributed by atoms with Gasteiger partial charge in [0.15, 0.2) is 0 Å². The van der Waals surface area contributed by atoms with Crippen LogP contribution in [0.25, 0.3) is 10.9 Å². The summed E-state index contributed by atoms with van der Waals surface area (Å²) < 4.78 is 0. The highest BCUT2D eigenvalue weighted by molar-refractivity contribution is 5.97. The van der Waals surface area contributed by atoms with Crippen LogP contribution >= 0.6 is 0 Å². The number of non-ortho nitro benzene ring substituents is 1. The minimum atomic E-state index is -0.700. The first-order valence-corrected chi connectivity index (χ1v) is 11.3. The minimum Gasteiger partial charge on any atom is -0.356 e. The van der Waals surface area contributed by atoms with Crippen LogP contribution in [0.5, 0.6) is 0 Å². The molecule has 2 aliphatic rings. The molecule has 4 aromatic rings.